The van der Waals surface area contributed by atoms with Crippen molar-refractivity contribution in [2.75, 3.05) is 46.8 Å². The van der Waals surface area contributed by atoms with E-state index in [2.05, 4.69) is 0 Å². The standard InChI is InChI=1S/C4H10O.C3H5ClO.C3H9N/c1-3-5-4-2;4-1-3-2-5-3;1-4(2)3/h3-4H2,1-2H3;3H,1-2H2;1-3H3. The highest BCUT2D eigenvalue weighted by Crippen LogP contribution is 2.08. The third-order valence-electron chi connectivity index (χ3n) is 0.983. The summed E-state index contributed by atoms with van der Waals surface area (Å²) in [6.07, 6.45) is 0.400. The second-order valence-electron chi connectivity index (χ2n) is 3.23. The van der Waals surface area contributed by atoms with Gasteiger partial charge in [-0.15, -0.1) is 11.6 Å². The molecule has 1 heterocycles. The molecule has 0 aromatic rings. The molecule has 1 rings (SSSR count). The van der Waals surface area contributed by atoms with Crippen LogP contribution in [0.25, 0.3) is 0 Å². The highest BCUT2D eigenvalue weighted by molar-refractivity contribution is 6.18. The van der Waals surface area contributed by atoms with Crippen molar-refractivity contribution in [1.82, 2.24) is 4.90 Å². The number of nitrogens with zero attached hydrogens (tertiary/aromatic N) is 1. The minimum Gasteiger partial charge on any atom is -0.382 e. The molecule has 0 amide bonds. The number of rotatable bonds is 3. The molecule has 1 aliphatic heterocycles. The van der Waals surface area contributed by atoms with E-state index in [0.717, 1.165) is 19.8 Å². The monoisotopic (exact) mass is 225 g/mol. The second kappa shape index (κ2) is 13.2. The molecule has 1 aliphatic rings. The third kappa shape index (κ3) is 29.5. The molecule has 0 aromatic heterocycles. The molecule has 0 spiro atoms. The Morgan fingerprint density at radius 3 is 1.64 bits per heavy atom. The zero-order chi connectivity index (χ0) is 11.4. The lowest BCUT2D eigenvalue weighted by molar-refractivity contribution is 0.162. The summed E-state index contributed by atoms with van der Waals surface area (Å²) in [5, 5.41) is 0. The van der Waals surface area contributed by atoms with Crippen LogP contribution in [0.3, 0.4) is 0 Å². The molecule has 4 heteroatoms. The highest BCUT2D eigenvalue weighted by atomic mass is 35.5. The number of hydrogen-bond donors (Lipinski definition) is 0. The van der Waals surface area contributed by atoms with Crippen LogP contribution in [0.1, 0.15) is 13.8 Å². The van der Waals surface area contributed by atoms with Crippen molar-refractivity contribution in [3.05, 3.63) is 0 Å². The zero-order valence-corrected chi connectivity index (χ0v) is 10.8. The minimum absolute atomic E-state index is 0.400. The SMILES string of the molecule is CCOCC.CN(C)C.ClCC1CO1. The van der Waals surface area contributed by atoms with E-state index in [1.807, 2.05) is 39.9 Å². The lowest BCUT2D eigenvalue weighted by Gasteiger charge is -1.90. The topological polar surface area (TPSA) is 25.0 Å². The first-order chi connectivity index (χ1) is 6.58. The molecule has 0 radical (unpaired) electrons. The van der Waals surface area contributed by atoms with Gasteiger partial charge in [-0.25, -0.2) is 0 Å². The molecule has 14 heavy (non-hydrogen) atoms. The molecular formula is C10H24ClNO2. The first-order valence-corrected chi connectivity index (χ1v) is 5.48. The van der Waals surface area contributed by atoms with Crippen molar-refractivity contribution in [2.45, 2.75) is 20.0 Å². The minimum atomic E-state index is 0.400. The largest absolute Gasteiger partial charge is 0.382 e. The predicted octanol–water partition coefficient (Wildman–Crippen LogP) is 1.84. The molecule has 88 valence electrons. The van der Waals surface area contributed by atoms with Crippen molar-refractivity contribution in [2.24, 2.45) is 0 Å². The maximum absolute atomic E-state index is 5.27. The van der Waals surface area contributed by atoms with E-state index in [1.165, 1.54) is 0 Å². The summed E-state index contributed by atoms with van der Waals surface area (Å²) >= 11 is 5.27. The maximum atomic E-state index is 5.27. The smallest absolute Gasteiger partial charge is 0.0944 e. The summed E-state index contributed by atoms with van der Waals surface area (Å²) in [6, 6.07) is 0. The van der Waals surface area contributed by atoms with Gasteiger partial charge in [0.15, 0.2) is 0 Å². The summed E-state index contributed by atoms with van der Waals surface area (Å²) in [4.78, 5) is 2.00. The summed E-state index contributed by atoms with van der Waals surface area (Å²) in [5.74, 6) is 0.667. The van der Waals surface area contributed by atoms with Crippen LogP contribution in [0.5, 0.6) is 0 Å². The van der Waals surface area contributed by atoms with Gasteiger partial charge in [-0.2, -0.15) is 0 Å². The zero-order valence-electron chi connectivity index (χ0n) is 10.0. The third-order valence-corrected chi connectivity index (χ3v) is 1.33. The predicted molar refractivity (Wildman–Crippen MR) is 62.2 cm³/mol. The van der Waals surface area contributed by atoms with Crippen LogP contribution in [0.4, 0.5) is 0 Å². The van der Waals surface area contributed by atoms with E-state index < -0.39 is 0 Å². The quantitative estimate of drug-likeness (QED) is 0.542. The van der Waals surface area contributed by atoms with Gasteiger partial charge in [0.2, 0.25) is 0 Å². The van der Waals surface area contributed by atoms with Crippen molar-refractivity contribution in [1.29, 1.82) is 0 Å². The van der Waals surface area contributed by atoms with Crippen LogP contribution < -0.4 is 0 Å². The van der Waals surface area contributed by atoms with E-state index in [9.17, 15) is 0 Å². The summed E-state index contributed by atoms with van der Waals surface area (Å²) in [7, 11) is 6.00. The Labute approximate surface area is 93.3 Å². The molecule has 1 saturated heterocycles. The second-order valence-corrected chi connectivity index (χ2v) is 3.54. The normalized spacial score (nSPS) is 17.8. The van der Waals surface area contributed by atoms with Gasteiger partial charge < -0.3 is 14.4 Å². The van der Waals surface area contributed by atoms with Crippen molar-refractivity contribution < 1.29 is 9.47 Å². The Morgan fingerprint density at radius 1 is 1.29 bits per heavy atom. The van der Waals surface area contributed by atoms with E-state index in [-0.39, 0.29) is 0 Å². The van der Waals surface area contributed by atoms with Crippen LogP contribution in [0, 0.1) is 0 Å². The summed E-state index contributed by atoms with van der Waals surface area (Å²) in [6.45, 7) is 6.55. The van der Waals surface area contributed by atoms with Crippen molar-refractivity contribution in [3.8, 4) is 0 Å². The molecule has 1 fully saturated rings. The lowest BCUT2D eigenvalue weighted by atomic mass is 10.6. The fourth-order valence-electron chi connectivity index (χ4n) is 0.361. The molecule has 0 saturated carbocycles. The molecule has 0 aliphatic carbocycles. The average molecular weight is 226 g/mol. The first-order valence-electron chi connectivity index (χ1n) is 4.94. The average Bonchev–Trinajstić information content (AvgIpc) is 2.88. The summed E-state index contributed by atoms with van der Waals surface area (Å²) in [5.41, 5.74) is 0. The Morgan fingerprint density at radius 2 is 1.64 bits per heavy atom. The fraction of sp³-hybridized carbons (Fsp3) is 1.00. The van der Waals surface area contributed by atoms with E-state index in [0.29, 0.717) is 12.0 Å². The number of halogens is 1. The molecule has 1 unspecified atom stereocenters. The van der Waals surface area contributed by atoms with Crippen molar-refractivity contribution >= 4 is 11.6 Å². The Kier molecular flexibility index (Phi) is 15.6. The van der Waals surface area contributed by atoms with Gasteiger partial charge in [0, 0.05) is 13.2 Å². The lowest BCUT2D eigenvalue weighted by Crippen LogP contribution is -1.99. The van der Waals surface area contributed by atoms with Crippen LogP contribution >= 0.6 is 11.6 Å². The summed E-state index contributed by atoms with van der Waals surface area (Å²) < 4.78 is 9.56. The van der Waals surface area contributed by atoms with Gasteiger partial charge in [-0.3, -0.25) is 0 Å². The van der Waals surface area contributed by atoms with Crippen LogP contribution in [0.2, 0.25) is 0 Å². The van der Waals surface area contributed by atoms with Gasteiger partial charge in [0.25, 0.3) is 0 Å². The Bertz CT molecular complexity index is 93.4. The first kappa shape index (κ1) is 16.6. The number of alkyl halides is 1. The Balaban J connectivity index is 0. The fourth-order valence-corrected chi connectivity index (χ4v) is 0.539. The van der Waals surface area contributed by atoms with E-state index in [4.69, 9.17) is 21.1 Å². The molecule has 0 bridgehead atoms. The van der Waals surface area contributed by atoms with Gasteiger partial charge in [-0.05, 0) is 35.0 Å². The molecular weight excluding hydrogens is 202 g/mol. The molecule has 0 N–H and O–H groups in total. The van der Waals surface area contributed by atoms with E-state index in [1.54, 1.807) is 0 Å². The molecule has 1 atom stereocenters. The van der Waals surface area contributed by atoms with Crippen LogP contribution in [0.15, 0.2) is 0 Å². The van der Waals surface area contributed by atoms with Gasteiger partial charge in [0.05, 0.1) is 18.6 Å². The Hall–Kier alpha value is 0.170. The van der Waals surface area contributed by atoms with Gasteiger partial charge in [0.1, 0.15) is 0 Å². The molecule has 0 aromatic carbocycles. The number of epoxide rings is 1. The van der Waals surface area contributed by atoms with Gasteiger partial charge in [-0.1, -0.05) is 0 Å². The van der Waals surface area contributed by atoms with Crippen LogP contribution in [-0.4, -0.2) is 57.8 Å². The van der Waals surface area contributed by atoms with Crippen LogP contribution in [-0.2, 0) is 9.47 Å². The molecule has 3 nitrogen and oxygen atoms in total. The number of hydrogen-bond acceptors (Lipinski definition) is 3. The highest BCUT2D eigenvalue weighted by Gasteiger charge is 2.19. The van der Waals surface area contributed by atoms with Crippen molar-refractivity contribution in [3.63, 3.8) is 0 Å². The van der Waals surface area contributed by atoms with Gasteiger partial charge >= 0.3 is 0 Å². The number of ether oxygens (including phenoxy) is 2. The maximum Gasteiger partial charge on any atom is 0.0944 e. The van der Waals surface area contributed by atoms with E-state index >= 15 is 0 Å².